The first kappa shape index (κ1) is 14.9. The topological polar surface area (TPSA) is 55.4 Å². The van der Waals surface area contributed by atoms with Crippen LogP contribution in [0.4, 0.5) is 0 Å². The Kier molecular flexibility index (Phi) is 6.44. The Hall–Kier alpha value is -0.130. The van der Waals surface area contributed by atoms with Crippen molar-refractivity contribution in [3.63, 3.8) is 0 Å². The Bertz CT molecular complexity index is 297. The van der Waals surface area contributed by atoms with Crippen molar-refractivity contribution < 1.29 is 13.2 Å². The molecule has 17 heavy (non-hydrogen) atoms. The van der Waals surface area contributed by atoms with Gasteiger partial charge in [-0.3, -0.25) is 0 Å². The predicted octanol–water partition coefficient (Wildman–Crippen LogP) is 1.22. The molecule has 0 heterocycles. The Morgan fingerprint density at radius 2 is 1.94 bits per heavy atom. The van der Waals surface area contributed by atoms with Crippen LogP contribution < -0.4 is 5.32 Å². The highest BCUT2D eigenvalue weighted by Gasteiger charge is 2.30. The van der Waals surface area contributed by atoms with E-state index in [2.05, 4.69) is 5.32 Å². The van der Waals surface area contributed by atoms with E-state index >= 15 is 0 Å². The zero-order valence-electron chi connectivity index (χ0n) is 10.9. The van der Waals surface area contributed by atoms with Crippen LogP contribution in [0.25, 0.3) is 0 Å². The van der Waals surface area contributed by atoms with Crippen molar-refractivity contribution in [2.75, 3.05) is 33.1 Å². The van der Waals surface area contributed by atoms with Crippen molar-refractivity contribution in [1.82, 2.24) is 5.32 Å². The molecule has 5 heteroatoms. The van der Waals surface area contributed by atoms with Crippen LogP contribution in [-0.2, 0) is 14.6 Å². The van der Waals surface area contributed by atoms with E-state index in [9.17, 15) is 8.42 Å². The molecule has 102 valence electrons. The Morgan fingerprint density at radius 3 is 2.47 bits per heavy atom. The summed E-state index contributed by atoms with van der Waals surface area (Å²) in [4.78, 5) is 0. The first-order chi connectivity index (χ1) is 8.05. The van der Waals surface area contributed by atoms with E-state index < -0.39 is 9.84 Å². The third kappa shape index (κ3) is 5.36. The number of sulfone groups is 1. The second kappa shape index (κ2) is 7.34. The summed E-state index contributed by atoms with van der Waals surface area (Å²) in [7, 11) is -1.31. The average molecular weight is 263 g/mol. The first-order valence-corrected chi connectivity index (χ1v) is 8.39. The fourth-order valence-electron chi connectivity index (χ4n) is 2.59. The Labute approximate surface area is 105 Å². The average Bonchev–Trinajstić information content (AvgIpc) is 2.28. The summed E-state index contributed by atoms with van der Waals surface area (Å²) in [6, 6.07) is 0. The van der Waals surface area contributed by atoms with Gasteiger partial charge in [0.1, 0.15) is 0 Å². The Balaban J connectivity index is 2.48. The molecule has 0 amide bonds. The number of nitrogens with one attached hydrogen (secondary N) is 1. The second-order valence-corrected chi connectivity index (χ2v) is 7.23. The van der Waals surface area contributed by atoms with Gasteiger partial charge < -0.3 is 10.1 Å². The smallest absolute Gasteiger partial charge is 0.151 e. The van der Waals surface area contributed by atoms with Crippen LogP contribution in [0.5, 0.6) is 0 Å². The van der Waals surface area contributed by atoms with Crippen molar-refractivity contribution in [2.24, 2.45) is 5.92 Å². The maximum atomic E-state index is 11.8. The van der Waals surface area contributed by atoms with Crippen molar-refractivity contribution in [3.8, 4) is 0 Å². The highest BCUT2D eigenvalue weighted by atomic mass is 32.2. The molecule has 1 N–H and O–H groups in total. The van der Waals surface area contributed by atoms with Gasteiger partial charge >= 0.3 is 0 Å². The summed E-state index contributed by atoms with van der Waals surface area (Å²) >= 11 is 0. The van der Waals surface area contributed by atoms with Gasteiger partial charge in [0.25, 0.3) is 0 Å². The van der Waals surface area contributed by atoms with E-state index in [1.807, 2.05) is 0 Å². The summed E-state index contributed by atoms with van der Waals surface area (Å²) < 4.78 is 28.6. The van der Waals surface area contributed by atoms with Crippen LogP contribution in [0.2, 0.25) is 0 Å². The lowest BCUT2D eigenvalue weighted by atomic mass is 9.86. The van der Waals surface area contributed by atoms with Gasteiger partial charge in [-0.1, -0.05) is 19.3 Å². The summed E-state index contributed by atoms with van der Waals surface area (Å²) in [5, 5.41) is 2.96. The van der Waals surface area contributed by atoms with E-state index in [4.69, 9.17) is 4.74 Å². The predicted molar refractivity (Wildman–Crippen MR) is 70.0 cm³/mol. The number of hydrogen-bond acceptors (Lipinski definition) is 4. The van der Waals surface area contributed by atoms with Crippen LogP contribution in [0.1, 0.15) is 32.1 Å². The van der Waals surface area contributed by atoms with Crippen LogP contribution in [0.15, 0.2) is 0 Å². The van der Waals surface area contributed by atoms with Gasteiger partial charge in [0.05, 0.1) is 11.9 Å². The summed E-state index contributed by atoms with van der Waals surface area (Å²) in [6.45, 7) is 1.91. The first-order valence-electron chi connectivity index (χ1n) is 6.44. The lowest BCUT2D eigenvalue weighted by Crippen LogP contribution is -2.40. The minimum Gasteiger partial charge on any atom is -0.383 e. The van der Waals surface area contributed by atoms with Gasteiger partial charge in [0.15, 0.2) is 9.84 Å². The molecule has 1 rings (SSSR count). The summed E-state index contributed by atoms with van der Waals surface area (Å²) in [5.41, 5.74) is 0. The third-order valence-corrected chi connectivity index (χ3v) is 5.21. The number of rotatable bonds is 7. The maximum absolute atomic E-state index is 11.8. The molecule has 1 aliphatic carbocycles. The monoisotopic (exact) mass is 263 g/mol. The summed E-state index contributed by atoms with van der Waals surface area (Å²) in [6.07, 6.45) is 7.09. The van der Waals surface area contributed by atoms with Gasteiger partial charge in [-0.25, -0.2) is 8.42 Å². The van der Waals surface area contributed by atoms with Gasteiger partial charge in [0.2, 0.25) is 0 Å². The van der Waals surface area contributed by atoms with Crippen LogP contribution >= 0.6 is 0 Å². The molecule has 1 atom stereocenters. The molecule has 0 aromatic heterocycles. The zero-order chi connectivity index (χ0) is 12.7. The molecule has 1 aliphatic rings. The molecule has 1 saturated carbocycles. The van der Waals surface area contributed by atoms with Crippen molar-refractivity contribution in [3.05, 3.63) is 0 Å². The SMILES string of the molecule is COCCNCC(C1CCCCC1)S(C)(=O)=O. The lowest BCUT2D eigenvalue weighted by Gasteiger charge is -2.29. The van der Waals surface area contributed by atoms with E-state index in [1.54, 1.807) is 7.11 Å². The molecule has 0 aliphatic heterocycles. The van der Waals surface area contributed by atoms with Gasteiger partial charge in [-0.2, -0.15) is 0 Å². The summed E-state index contributed by atoms with van der Waals surface area (Å²) in [5.74, 6) is 0.341. The molecule has 0 aromatic carbocycles. The standard InChI is InChI=1S/C12H25NO3S/c1-16-9-8-13-10-12(17(2,14)15)11-6-4-3-5-7-11/h11-13H,3-10H2,1-2H3. The molecule has 1 unspecified atom stereocenters. The maximum Gasteiger partial charge on any atom is 0.151 e. The fourth-order valence-corrected chi connectivity index (χ4v) is 3.98. The molecule has 0 radical (unpaired) electrons. The number of hydrogen-bond donors (Lipinski definition) is 1. The zero-order valence-corrected chi connectivity index (χ0v) is 11.8. The molecule has 0 bridgehead atoms. The fraction of sp³-hybridized carbons (Fsp3) is 1.00. The molecule has 0 aromatic rings. The van der Waals surface area contributed by atoms with Crippen molar-refractivity contribution in [1.29, 1.82) is 0 Å². The number of methoxy groups -OCH3 is 1. The van der Waals surface area contributed by atoms with Crippen molar-refractivity contribution >= 4 is 9.84 Å². The van der Waals surface area contributed by atoms with E-state index in [1.165, 1.54) is 25.5 Å². The van der Waals surface area contributed by atoms with Crippen LogP contribution in [0.3, 0.4) is 0 Å². The normalized spacial score (nSPS) is 20.4. The highest BCUT2D eigenvalue weighted by Crippen LogP contribution is 2.29. The van der Waals surface area contributed by atoms with Gasteiger partial charge in [-0.05, 0) is 18.8 Å². The molecular formula is C12H25NO3S. The van der Waals surface area contributed by atoms with Crippen LogP contribution in [-0.4, -0.2) is 46.7 Å². The third-order valence-electron chi connectivity index (χ3n) is 3.55. The minimum absolute atomic E-state index is 0.223. The quantitative estimate of drug-likeness (QED) is 0.702. The van der Waals surface area contributed by atoms with Gasteiger partial charge in [-0.15, -0.1) is 0 Å². The highest BCUT2D eigenvalue weighted by molar-refractivity contribution is 7.91. The van der Waals surface area contributed by atoms with Crippen molar-refractivity contribution in [2.45, 2.75) is 37.4 Å². The van der Waals surface area contributed by atoms with Gasteiger partial charge in [0, 0.05) is 26.5 Å². The lowest BCUT2D eigenvalue weighted by molar-refractivity contribution is 0.198. The van der Waals surface area contributed by atoms with Crippen LogP contribution in [0, 0.1) is 5.92 Å². The van der Waals surface area contributed by atoms with E-state index in [0.717, 1.165) is 19.4 Å². The molecule has 4 nitrogen and oxygen atoms in total. The molecule has 0 saturated heterocycles. The molecule has 1 fully saturated rings. The van der Waals surface area contributed by atoms with E-state index in [0.29, 0.717) is 19.1 Å². The molecule has 0 spiro atoms. The minimum atomic E-state index is -2.96. The Morgan fingerprint density at radius 1 is 1.29 bits per heavy atom. The number of ether oxygens (including phenoxy) is 1. The molecular weight excluding hydrogens is 238 g/mol. The second-order valence-electron chi connectivity index (χ2n) is 4.96. The largest absolute Gasteiger partial charge is 0.383 e. The van der Waals surface area contributed by atoms with E-state index in [-0.39, 0.29) is 5.25 Å².